The molecule has 3 aromatic rings. The van der Waals surface area contributed by atoms with Crippen molar-refractivity contribution in [3.63, 3.8) is 0 Å². The van der Waals surface area contributed by atoms with E-state index in [4.69, 9.17) is 4.74 Å². The first-order chi connectivity index (χ1) is 15.3. The van der Waals surface area contributed by atoms with Gasteiger partial charge in [-0.05, 0) is 61.5 Å². The van der Waals surface area contributed by atoms with Gasteiger partial charge in [-0.15, -0.1) is 0 Å². The first kappa shape index (κ1) is 21.7. The van der Waals surface area contributed by atoms with Crippen LogP contribution in [0.5, 0.6) is 5.75 Å². The highest BCUT2D eigenvalue weighted by Crippen LogP contribution is 2.30. The maximum absolute atomic E-state index is 13.2. The van der Waals surface area contributed by atoms with Gasteiger partial charge in [-0.1, -0.05) is 0 Å². The number of ether oxygens (including phenoxy) is 1. The van der Waals surface area contributed by atoms with Gasteiger partial charge in [-0.2, -0.15) is 18.3 Å². The Hall–Kier alpha value is -3.49. The Morgan fingerprint density at radius 1 is 0.938 bits per heavy atom. The molecule has 4 rings (SSSR count). The maximum Gasteiger partial charge on any atom is 0.416 e. The number of alkyl halides is 3. The highest BCUT2D eigenvalue weighted by molar-refractivity contribution is 5.93. The van der Waals surface area contributed by atoms with Crippen LogP contribution < -0.4 is 9.64 Å². The second-order valence-electron chi connectivity index (χ2n) is 7.60. The minimum absolute atomic E-state index is 0.131. The molecule has 1 amide bonds. The molecule has 0 saturated carbocycles. The molecule has 1 aliphatic rings. The van der Waals surface area contributed by atoms with E-state index >= 15 is 0 Å². The lowest BCUT2D eigenvalue weighted by atomic mass is 10.1. The number of rotatable bonds is 4. The van der Waals surface area contributed by atoms with Crippen LogP contribution in [0.15, 0.2) is 54.6 Å². The second-order valence-corrected chi connectivity index (χ2v) is 7.60. The van der Waals surface area contributed by atoms with Crippen LogP contribution in [-0.2, 0) is 6.18 Å². The molecule has 2 heterocycles. The monoisotopic (exact) mass is 444 g/mol. The van der Waals surface area contributed by atoms with Crippen molar-refractivity contribution < 1.29 is 22.7 Å². The standard InChI is InChI=1S/C23H23F3N4O2/c1-16-15-21(30(27-16)19-7-9-20(32-2)10-8-19)22(31)29-13-11-28(12-14-29)18-5-3-17(4-6-18)23(24,25)26/h3-10,15H,11-14H2,1-2H3. The van der Waals surface area contributed by atoms with Crippen molar-refractivity contribution in [3.05, 3.63) is 71.5 Å². The number of methoxy groups -OCH3 is 1. The Bertz CT molecular complexity index is 1080. The normalized spacial score (nSPS) is 14.5. The molecule has 9 heteroatoms. The fourth-order valence-corrected chi connectivity index (χ4v) is 3.76. The fraction of sp³-hybridized carbons (Fsp3) is 0.304. The number of aromatic nitrogens is 2. The zero-order chi connectivity index (χ0) is 22.9. The smallest absolute Gasteiger partial charge is 0.416 e. The summed E-state index contributed by atoms with van der Waals surface area (Å²) in [5.41, 5.74) is 2.00. The van der Waals surface area contributed by atoms with E-state index in [9.17, 15) is 18.0 Å². The Morgan fingerprint density at radius 3 is 2.09 bits per heavy atom. The van der Waals surface area contributed by atoms with Gasteiger partial charge < -0.3 is 14.5 Å². The zero-order valence-corrected chi connectivity index (χ0v) is 17.8. The number of hydrogen-bond donors (Lipinski definition) is 0. The maximum atomic E-state index is 13.2. The molecule has 32 heavy (non-hydrogen) atoms. The molecule has 168 valence electrons. The molecular formula is C23H23F3N4O2. The SMILES string of the molecule is COc1ccc(-n2nc(C)cc2C(=O)N2CCN(c3ccc(C(F)(F)F)cc3)CC2)cc1. The summed E-state index contributed by atoms with van der Waals surface area (Å²) in [6.45, 7) is 3.83. The average Bonchev–Trinajstić information content (AvgIpc) is 3.20. The second kappa shape index (κ2) is 8.57. The number of carbonyl (C=O) groups is 1. The van der Waals surface area contributed by atoms with E-state index in [1.807, 2.05) is 36.1 Å². The van der Waals surface area contributed by atoms with Crippen LogP contribution in [0, 0.1) is 6.92 Å². The first-order valence-corrected chi connectivity index (χ1v) is 10.2. The fourth-order valence-electron chi connectivity index (χ4n) is 3.76. The van der Waals surface area contributed by atoms with Crippen LogP contribution in [0.4, 0.5) is 18.9 Å². The van der Waals surface area contributed by atoms with Gasteiger partial charge in [0.25, 0.3) is 5.91 Å². The molecule has 0 unspecified atom stereocenters. The van der Waals surface area contributed by atoms with Crippen LogP contribution in [0.2, 0.25) is 0 Å². The van der Waals surface area contributed by atoms with E-state index in [1.54, 1.807) is 22.8 Å². The van der Waals surface area contributed by atoms with E-state index in [0.29, 0.717) is 43.3 Å². The van der Waals surface area contributed by atoms with E-state index < -0.39 is 11.7 Å². The van der Waals surface area contributed by atoms with E-state index in [1.165, 1.54) is 12.1 Å². The van der Waals surface area contributed by atoms with Crippen LogP contribution in [-0.4, -0.2) is 53.9 Å². The zero-order valence-electron chi connectivity index (χ0n) is 17.8. The molecule has 1 fully saturated rings. The molecule has 0 bridgehead atoms. The van der Waals surface area contributed by atoms with Crippen molar-refractivity contribution >= 4 is 11.6 Å². The minimum Gasteiger partial charge on any atom is -0.497 e. The number of hydrogen-bond acceptors (Lipinski definition) is 4. The van der Waals surface area contributed by atoms with Crippen LogP contribution in [0.25, 0.3) is 5.69 Å². The van der Waals surface area contributed by atoms with E-state index in [0.717, 1.165) is 23.5 Å². The highest BCUT2D eigenvalue weighted by atomic mass is 19.4. The van der Waals surface area contributed by atoms with Crippen LogP contribution >= 0.6 is 0 Å². The van der Waals surface area contributed by atoms with Gasteiger partial charge in [-0.3, -0.25) is 4.79 Å². The molecule has 0 atom stereocenters. The number of nitrogens with zero attached hydrogens (tertiary/aromatic N) is 4. The van der Waals surface area contributed by atoms with E-state index in [-0.39, 0.29) is 5.91 Å². The number of anilines is 1. The lowest BCUT2D eigenvalue weighted by Crippen LogP contribution is -2.49. The van der Waals surface area contributed by atoms with Gasteiger partial charge in [0.15, 0.2) is 0 Å². The summed E-state index contributed by atoms with van der Waals surface area (Å²) >= 11 is 0. The van der Waals surface area contributed by atoms with Crippen LogP contribution in [0.3, 0.4) is 0 Å². The number of aryl methyl sites for hydroxylation is 1. The predicted octanol–water partition coefficient (Wildman–Crippen LogP) is 4.17. The molecule has 1 saturated heterocycles. The Balaban J connectivity index is 1.46. The average molecular weight is 444 g/mol. The number of benzene rings is 2. The Kier molecular flexibility index (Phi) is 5.82. The van der Waals surface area contributed by atoms with Crippen molar-refractivity contribution in [3.8, 4) is 11.4 Å². The molecule has 6 nitrogen and oxygen atoms in total. The minimum atomic E-state index is -4.35. The summed E-state index contributed by atoms with van der Waals surface area (Å²) in [6, 6.07) is 14.2. The highest BCUT2D eigenvalue weighted by Gasteiger charge is 2.31. The number of piperazine rings is 1. The van der Waals surface area contributed by atoms with Gasteiger partial charge in [-0.25, -0.2) is 4.68 Å². The summed E-state index contributed by atoms with van der Waals surface area (Å²) < 4.78 is 45.2. The van der Waals surface area contributed by atoms with Crippen molar-refractivity contribution in [2.75, 3.05) is 38.2 Å². The number of carbonyl (C=O) groups excluding carboxylic acids is 1. The van der Waals surface area contributed by atoms with Crippen molar-refractivity contribution in [2.24, 2.45) is 0 Å². The van der Waals surface area contributed by atoms with Crippen LogP contribution in [0.1, 0.15) is 21.7 Å². The van der Waals surface area contributed by atoms with Gasteiger partial charge in [0.05, 0.1) is 24.1 Å². The third-order valence-corrected chi connectivity index (χ3v) is 5.49. The van der Waals surface area contributed by atoms with Crippen molar-refractivity contribution in [1.29, 1.82) is 0 Å². The Labute approximate surface area is 183 Å². The summed E-state index contributed by atoms with van der Waals surface area (Å²) in [5, 5.41) is 4.47. The van der Waals surface area contributed by atoms with Gasteiger partial charge >= 0.3 is 6.18 Å². The van der Waals surface area contributed by atoms with Gasteiger partial charge in [0.1, 0.15) is 11.4 Å². The largest absolute Gasteiger partial charge is 0.497 e. The number of halogens is 3. The third kappa shape index (κ3) is 4.42. The number of amides is 1. The lowest BCUT2D eigenvalue weighted by molar-refractivity contribution is -0.137. The summed E-state index contributed by atoms with van der Waals surface area (Å²) in [7, 11) is 1.59. The quantitative estimate of drug-likeness (QED) is 0.606. The summed E-state index contributed by atoms with van der Waals surface area (Å²) in [6.07, 6.45) is -4.35. The first-order valence-electron chi connectivity index (χ1n) is 10.2. The molecule has 1 aliphatic heterocycles. The molecule has 2 aromatic carbocycles. The van der Waals surface area contributed by atoms with Crippen molar-refractivity contribution in [1.82, 2.24) is 14.7 Å². The molecular weight excluding hydrogens is 421 g/mol. The molecule has 0 spiro atoms. The predicted molar refractivity (Wildman–Crippen MR) is 114 cm³/mol. The molecule has 0 aliphatic carbocycles. The lowest BCUT2D eigenvalue weighted by Gasteiger charge is -2.36. The molecule has 0 N–H and O–H groups in total. The summed E-state index contributed by atoms with van der Waals surface area (Å²) in [4.78, 5) is 17.0. The summed E-state index contributed by atoms with van der Waals surface area (Å²) in [5.74, 6) is 0.582. The van der Waals surface area contributed by atoms with Gasteiger partial charge in [0, 0.05) is 31.9 Å². The van der Waals surface area contributed by atoms with E-state index in [2.05, 4.69) is 5.10 Å². The third-order valence-electron chi connectivity index (χ3n) is 5.49. The molecule has 1 aromatic heterocycles. The Morgan fingerprint density at radius 2 is 1.53 bits per heavy atom. The topological polar surface area (TPSA) is 50.6 Å². The van der Waals surface area contributed by atoms with Gasteiger partial charge in [0.2, 0.25) is 0 Å². The van der Waals surface area contributed by atoms with Crippen molar-refractivity contribution in [2.45, 2.75) is 13.1 Å². The molecule has 0 radical (unpaired) electrons.